The van der Waals surface area contributed by atoms with Gasteiger partial charge in [-0.25, -0.2) is 8.42 Å². The van der Waals surface area contributed by atoms with Gasteiger partial charge in [-0.3, -0.25) is 4.31 Å². The number of rotatable bonds is 5. The van der Waals surface area contributed by atoms with Crippen molar-refractivity contribution < 1.29 is 17.9 Å². The van der Waals surface area contributed by atoms with Gasteiger partial charge >= 0.3 is 0 Å². The van der Waals surface area contributed by atoms with Crippen LogP contribution in [0, 0.1) is 13.8 Å². The molecule has 0 saturated heterocycles. The van der Waals surface area contributed by atoms with Gasteiger partial charge < -0.3 is 9.47 Å². The van der Waals surface area contributed by atoms with Crippen molar-refractivity contribution in [3.63, 3.8) is 0 Å². The molecule has 0 N–H and O–H groups in total. The van der Waals surface area contributed by atoms with E-state index in [2.05, 4.69) is 0 Å². The summed E-state index contributed by atoms with van der Waals surface area (Å²) in [6, 6.07) is 10.4. The van der Waals surface area contributed by atoms with Crippen LogP contribution in [0.5, 0.6) is 11.5 Å². The van der Waals surface area contributed by atoms with Crippen LogP contribution in [0.15, 0.2) is 41.3 Å². The third-order valence-corrected chi connectivity index (χ3v) is 5.51. The van der Waals surface area contributed by atoms with Crippen molar-refractivity contribution in [3.05, 3.63) is 47.5 Å². The molecule has 0 amide bonds. The van der Waals surface area contributed by atoms with Gasteiger partial charge in [-0.1, -0.05) is 12.1 Å². The third-order valence-electron chi connectivity index (χ3n) is 3.71. The molecule has 2 aromatic rings. The zero-order valence-electron chi connectivity index (χ0n) is 14.0. The molecule has 0 saturated carbocycles. The van der Waals surface area contributed by atoms with Gasteiger partial charge in [-0.2, -0.15) is 0 Å². The van der Waals surface area contributed by atoms with E-state index in [1.807, 2.05) is 32.0 Å². The molecule has 23 heavy (non-hydrogen) atoms. The van der Waals surface area contributed by atoms with Gasteiger partial charge in [-0.15, -0.1) is 0 Å². The number of nitrogens with zero attached hydrogens (tertiary/aromatic N) is 1. The first kappa shape index (κ1) is 17.1. The average molecular weight is 335 g/mol. The highest BCUT2D eigenvalue weighted by atomic mass is 32.2. The van der Waals surface area contributed by atoms with Crippen molar-refractivity contribution in [2.75, 3.05) is 25.6 Å². The standard InChI is InChI=1S/C17H21NO4S/c1-12-6-7-13(2)15(10-12)18(3)23(19,20)17-11-14(21-4)8-9-16(17)22-5/h6-11H,1-5H3. The molecule has 6 heteroatoms. The Bertz CT molecular complexity index is 815. The van der Waals surface area contributed by atoms with Gasteiger partial charge in [0.2, 0.25) is 0 Å². The molecule has 0 aromatic heterocycles. The molecule has 0 bridgehead atoms. The molecule has 124 valence electrons. The van der Waals surface area contributed by atoms with Crippen molar-refractivity contribution >= 4 is 15.7 Å². The minimum absolute atomic E-state index is 0.0720. The van der Waals surface area contributed by atoms with Crippen molar-refractivity contribution in [2.24, 2.45) is 0 Å². The van der Waals surface area contributed by atoms with Crippen LogP contribution in [0.1, 0.15) is 11.1 Å². The van der Waals surface area contributed by atoms with Crippen LogP contribution in [0.25, 0.3) is 0 Å². The lowest BCUT2D eigenvalue weighted by Gasteiger charge is -2.23. The summed E-state index contributed by atoms with van der Waals surface area (Å²) in [6.07, 6.45) is 0. The van der Waals surface area contributed by atoms with Gasteiger partial charge in [0.15, 0.2) is 0 Å². The molecule has 0 unspecified atom stereocenters. The largest absolute Gasteiger partial charge is 0.497 e. The Kier molecular flexibility index (Phi) is 4.85. The molecule has 0 aliphatic carbocycles. The Morgan fingerprint density at radius 1 is 0.957 bits per heavy atom. The van der Waals surface area contributed by atoms with E-state index < -0.39 is 10.0 Å². The Morgan fingerprint density at radius 3 is 2.26 bits per heavy atom. The van der Waals surface area contributed by atoms with Crippen LogP contribution >= 0.6 is 0 Å². The molecule has 2 rings (SSSR count). The molecule has 0 heterocycles. The maximum absolute atomic E-state index is 13.0. The molecule has 5 nitrogen and oxygen atoms in total. The summed E-state index contributed by atoms with van der Waals surface area (Å²) in [6.45, 7) is 3.80. The monoisotopic (exact) mass is 335 g/mol. The van der Waals surface area contributed by atoms with Gasteiger partial charge in [0.1, 0.15) is 16.4 Å². The van der Waals surface area contributed by atoms with Gasteiger partial charge in [0.05, 0.1) is 19.9 Å². The molecule has 0 fully saturated rings. The van der Waals surface area contributed by atoms with Crippen molar-refractivity contribution in [3.8, 4) is 11.5 Å². The summed E-state index contributed by atoms with van der Waals surface area (Å²) in [7, 11) is 0.695. The smallest absolute Gasteiger partial charge is 0.267 e. The predicted octanol–water partition coefficient (Wildman–Crippen LogP) is 3.15. The second kappa shape index (κ2) is 6.50. The first-order valence-corrected chi connectivity index (χ1v) is 8.53. The van der Waals surface area contributed by atoms with Crippen molar-refractivity contribution in [2.45, 2.75) is 18.7 Å². The summed E-state index contributed by atoms with van der Waals surface area (Å²) >= 11 is 0. The van der Waals surface area contributed by atoms with Crippen molar-refractivity contribution in [1.29, 1.82) is 0 Å². The number of methoxy groups -OCH3 is 2. The van der Waals surface area contributed by atoms with E-state index in [1.165, 1.54) is 31.6 Å². The van der Waals surface area contributed by atoms with Crippen LogP contribution in [-0.4, -0.2) is 29.7 Å². The zero-order valence-corrected chi connectivity index (χ0v) is 14.8. The molecule has 0 spiro atoms. The number of benzene rings is 2. The molecular weight excluding hydrogens is 314 g/mol. The molecule has 0 aliphatic rings. The number of sulfonamides is 1. The normalized spacial score (nSPS) is 11.2. The summed E-state index contributed by atoms with van der Waals surface area (Å²) in [5, 5.41) is 0. The molecule has 0 atom stereocenters. The van der Waals surface area contributed by atoms with Gasteiger partial charge in [0.25, 0.3) is 10.0 Å². The fraction of sp³-hybridized carbons (Fsp3) is 0.294. The van der Waals surface area contributed by atoms with Crippen LogP contribution in [0.2, 0.25) is 0 Å². The lowest BCUT2D eigenvalue weighted by Crippen LogP contribution is -2.27. The van der Waals surface area contributed by atoms with Crippen LogP contribution < -0.4 is 13.8 Å². The van der Waals surface area contributed by atoms with Crippen LogP contribution in [0.3, 0.4) is 0 Å². The third kappa shape index (κ3) is 3.27. The van der Waals surface area contributed by atoms with Crippen molar-refractivity contribution in [1.82, 2.24) is 0 Å². The second-order valence-corrected chi connectivity index (χ2v) is 7.22. The maximum Gasteiger partial charge on any atom is 0.267 e. The highest BCUT2D eigenvalue weighted by Gasteiger charge is 2.27. The fourth-order valence-corrected chi connectivity index (χ4v) is 3.74. The minimum atomic E-state index is -3.78. The van der Waals surface area contributed by atoms with E-state index in [9.17, 15) is 8.42 Å². The maximum atomic E-state index is 13.0. The molecule has 2 aromatic carbocycles. The van der Waals surface area contributed by atoms with Crippen LogP contribution in [-0.2, 0) is 10.0 Å². The fourth-order valence-electron chi connectivity index (χ4n) is 2.32. The first-order chi connectivity index (χ1) is 10.8. The summed E-state index contributed by atoms with van der Waals surface area (Å²) in [5.41, 5.74) is 2.50. The van der Waals surface area contributed by atoms with E-state index in [0.29, 0.717) is 11.4 Å². The predicted molar refractivity (Wildman–Crippen MR) is 91.1 cm³/mol. The summed E-state index contributed by atoms with van der Waals surface area (Å²) in [5.74, 6) is 0.738. The quantitative estimate of drug-likeness (QED) is 0.842. The number of aryl methyl sites for hydroxylation is 2. The Hall–Kier alpha value is -2.21. The zero-order chi connectivity index (χ0) is 17.2. The molecule has 0 radical (unpaired) electrons. The SMILES string of the molecule is COc1ccc(OC)c(S(=O)(=O)N(C)c2cc(C)ccc2C)c1. The van der Waals surface area contributed by atoms with Gasteiger partial charge in [0, 0.05) is 13.1 Å². The Morgan fingerprint density at radius 2 is 1.65 bits per heavy atom. The minimum Gasteiger partial charge on any atom is -0.497 e. The van der Waals surface area contributed by atoms with E-state index in [0.717, 1.165) is 11.1 Å². The topological polar surface area (TPSA) is 55.8 Å². The lowest BCUT2D eigenvalue weighted by molar-refractivity contribution is 0.392. The molecular formula is C17H21NO4S. The number of hydrogen-bond donors (Lipinski definition) is 0. The van der Waals surface area contributed by atoms with E-state index >= 15 is 0 Å². The Balaban J connectivity index is 2.59. The van der Waals surface area contributed by atoms with Gasteiger partial charge in [-0.05, 0) is 43.2 Å². The molecule has 0 aliphatic heterocycles. The lowest BCUT2D eigenvalue weighted by atomic mass is 10.1. The van der Waals surface area contributed by atoms with E-state index in [4.69, 9.17) is 9.47 Å². The highest BCUT2D eigenvalue weighted by Crippen LogP contribution is 2.33. The van der Waals surface area contributed by atoms with E-state index in [-0.39, 0.29) is 10.6 Å². The first-order valence-electron chi connectivity index (χ1n) is 7.09. The Labute approximate surface area is 137 Å². The van der Waals surface area contributed by atoms with Crippen LogP contribution in [0.4, 0.5) is 5.69 Å². The summed E-state index contributed by atoms with van der Waals surface area (Å²) in [4.78, 5) is 0.0720. The summed E-state index contributed by atoms with van der Waals surface area (Å²) < 4.78 is 37.7. The second-order valence-electron chi connectivity index (χ2n) is 5.28. The number of hydrogen-bond acceptors (Lipinski definition) is 4. The van der Waals surface area contributed by atoms with E-state index in [1.54, 1.807) is 12.1 Å². The number of ether oxygens (including phenoxy) is 2. The highest BCUT2D eigenvalue weighted by molar-refractivity contribution is 7.93. The number of anilines is 1. The average Bonchev–Trinajstić information content (AvgIpc) is 2.55.